The van der Waals surface area contributed by atoms with E-state index >= 15 is 0 Å². The Bertz CT molecular complexity index is 1560. The van der Waals surface area contributed by atoms with Gasteiger partial charge in [0.1, 0.15) is 5.02 Å². The molecule has 7 rings (SSSR count). The van der Waals surface area contributed by atoms with Gasteiger partial charge in [-0.05, 0) is 61.6 Å². The topological polar surface area (TPSA) is 105 Å². The average Bonchev–Trinajstić information content (AvgIpc) is 3.75. The molecule has 1 spiro atoms. The summed E-state index contributed by atoms with van der Waals surface area (Å²) in [4.78, 5) is 24.2. The smallest absolute Gasteiger partial charge is 0.301 e. The van der Waals surface area contributed by atoms with Crippen molar-refractivity contribution in [3.8, 4) is 5.75 Å². The number of hydrogen-bond donors (Lipinski definition) is 3. The number of rotatable bonds is 4. The van der Waals surface area contributed by atoms with Crippen molar-refractivity contribution in [3.05, 3.63) is 39.8 Å². The number of benzene rings is 1. The Balaban J connectivity index is 1.24. The van der Waals surface area contributed by atoms with E-state index in [9.17, 15) is 18.7 Å². The average molecular weight is 573 g/mol. The lowest BCUT2D eigenvalue weighted by Crippen LogP contribution is -2.53. The van der Waals surface area contributed by atoms with Gasteiger partial charge in [0, 0.05) is 31.2 Å². The van der Waals surface area contributed by atoms with Gasteiger partial charge in [-0.2, -0.15) is 4.98 Å². The second-order valence-electron chi connectivity index (χ2n) is 11.9. The number of aliphatic hydroxyl groups excluding tert-OH is 1. The standard InChI is InChI=1S/C28H31ClF2N6O3/c1-36-20-6-5-16(9-18(20)21-22(25(36)39)40-14-28(30,31)23(34-21)15-3-4-15)33-24-19(29)11-32-26(35-24)37-12-17(38)10-27(13-37)7-2-8-27/h5-6,9,11,15,17,23,34,38H,2-4,7-8,10,12-14H2,1H3,(H,32,33,35)/t17-,23-/m0/s1. The number of halogens is 3. The highest BCUT2D eigenvalue weighted by atomic mass is 35.5. The summed E-state index contributed by atoms with van der Waals surface area (Å²) in [5.41, 5.74) is 1.10. The summed E-state index contributed by atoms with van der Waals surface area (Å²) in [5.74, 6) is -2.52. The molecule has 0 radical (unpaired) electrons. The Hall–Kier alpha value is -3.18. The first-order valence-corrected chi connectivity index (χ1v) is 14.2. The van der Waals surface area contributed by atoms with Crippen LogP contribution in [-0.4, -0.2) is 57.4 Å². The fraction of sp³-hybridized carbons (Fsp3) is 0.536. The van der Waals surface area contributed by atoms with Crippen molar-refractivity contribution in [1.29, 1.82) is 0 Å². The van der Waals surface area contributed by atoms with E-state index in [1.807, 2.05) is 4.90 Å². The van der Waals surface area contributed by atoms with Gasteiger partial charge in [-0.15, -0.1) is 0 Å². The number of aromatic nitrogens is 3. The van der Waals surface area contributed by atoms with Crippen molar-refractivity contribution in [3.63, 3.8) is 0 Å². The van der Waals surface area contributed by atoms with Crippen molar-refractivity contribution in [2.45, 2.75) is 56.6 Å². The summed E-state index contributed by atoms with van der Waals surface area (Å²) < 4.78 is 36.8. The lowest BCUT2D eigenvalue weighted by atomic mass is 9.64. The molecule has 2 aliphatic carbocycles. The summed E-state index contributed by atoms with van der Waals surface area (Å²) in [6.45, 7) is 0.399. The van der Waals surface area contributed by atoms with E-state index in [1.165, 1.54) is 17.2 Å². The van der Waals surface area contributed by atoms with E-state index in [0.717, 1.165) is 25.8 Å². The van der Waals surface area contributed by atoms with Crippen molar-refractivity contribution >= 4 is 45.6 Å². The second kappa shape index (κ2) is 9.17. The lowest BCUT2D eigenvalue weighted by molar-refractivity contribution is -0.0579. The molecule has 2 atom stereocenters. The van der Waals surface area contributed by atoms with Crippen LogP contribution in [0.15, 0.2) is 29.2 Å². The fourth-order valence-corrected chi connectivity index (χ4v) is 6.70. The molecule has 0 bridgehead atoms. The van der Waals surface area contributed by atoms with Gasteiger partial charge < -0.3 is 29.9 Å². The minimum Gasteiger partial charge on any atom is -0.480 e. The van der Waals surface area contributed by atoms with Crippen LogP contribution >= 0.6 is 11.6 Å². The third kappa shape index (κ3) is 4.34. The second-order valence-corrected chi connectivity index (χ2v) is 12.3. The third-order valence-electron chi connectivity index (χ3n) is 8.93. The number of nitrogens with zero attached hydrogens (tertiary/aromatic N) is 4. The SMILES string of the molecule is Cn1c(=O)c2c(c3cc(Nc4nc(N5C[C@@H](O)CC6(CCC6)C5)ncc4Cl)ccc31)N[C@@H](C1CC1)C(F)(F)CO2. The first-order chi connectivity index (χ1) is 19.1. The number of nitrogens with one attached hydrogen (secondary N) is 2. The zero-order valence-corrected chi connectivity index (χ0v) is 22.8. The molecule has 4 heterocycles. The summed E-state index contributed by atoms with van der Waals surface area (Å²) in [7, 11) is 1.60. The molecule has 2 saturated carbocycles. The molecule has 1 saturated heterocycles. The molecular formula is C28H31ClF2N6O3. The van der Waals surface area contributed by atoms with E-state index in [1.54, 1.807) is 25.2 Å². The first-order valence-electron chi connectivity index (χ1n) is 13.8. The van der Waals surface area contributed by atoms with Crippen molar-refractivity contribution in [2.24, 2.45) is 18.4 Å². The molecule has 1 aromatic carbocycles. The number of hydrogen-bond acceptors (Lipinski definition) is 8. The minimum atomic E-state index is -3.11. The van der Waals surface area contributed by atoms with E-state index in [-0.39, 0.29) is 22.8 Å². The number of alkyl halides is 2. The van der Waals surface area contributed by atoms with Crippen LogP contribution in [0, 0.1) is 11.3 Å². The van der Waals surface area contributed by atoms with Gasteiger partial charge in [0.05, 0.1) is 29.5 Å². The van der Waals surface area contributed by atoms with Gasteiger partial charge in [0.2, 0.25) is 11.7 Å². The van der Waals surface area contributed by atoms with Gasteiger partial charge >= 0.3 is 5.92 Å². The Kier molecular flexibility index (Phi) is 5.91. The van der Waals surface area contributed by atoms with Gasteiger partial charge in [-0.25, -0.2) is 13.8 Å². The van der Waals surface area contributed by atoms with Crippen LogP contribution in [0.3, 0.4) is 0 Å². The predicted octanol–water partition coefficient (Wildman–Crippen LogP) is 4.69. The molecule has 9 nitrogen and oxygen atoms in total. The number of pyridine rings is 1. The number of aliphatic hydroxyl groups is 1. The van der Waals surface area contributed by atoms with Crippen LogP contribution in [0.25, 0.3) is 10.9 Å². The van der Waals surface area contributed by atoms with Crippen molar-refractivity contribution in [1.82, 2.24) is 14.5 Å². The number of ether oxygens (including phenoxy) is 1. The molecule has 0 amide bonds. The molecular weight excluding hydrogens is 542 g/mol. The number of anilines is 4. The maximum Gasteiger partial charge on any atom is 0.301 e. The van der Waals surface area contributed by atoms with Crippen molar-refractivity contribution < 1.29 is 18.6 Å². The monoisotopic (exact) mass is 572 g/mol. The molecule has 2 aliphatic heterocycles. The van der Waals surface area contributed by atoms with E-state index in [0.29, 0.717) is 52.8 Å². The van der Waals surface area contributed by atoms with Gasteiger partial charge in [-0.3, -0.25) is 4.79 Å². The van der Waals surface area contributed by atoms with Crippen LogP contribution in [0.1, 0.15) is 38.5 Å². The van der Waals surface area contributed by atoms with E-state index in [4.69, 9.17) is 21.3 Å². The Labute approximate surface area is 234 Å². The third-order valence-corrected chi connectivity index (χ3v) is 9.20. The molecule has 212 valence electrons. The molecule has 12 heteroatoms. The molecule has 3 fully saturated rings. The van der Waals surface area contributed by atoms with Crippen LogP contribution < -0.4 is 25.8 Å². The quantitative estimate of drug-likeness (QED) is 0.414. The zero-order valence-electron chi connectivity index (χ0n) is 22.1. The van der Waals surface area contributed by atoms with Crippen LogP contribution in [0.4, 0.5) is 31.9 Å². The summed E-state index contributed by atoms with van der Waals surface area (Å²) in [6.07, 6.45) is 6.68. The highest BCUT2D eigenvalue weighted by molar-refractivity contribution is 6.33. The maximum absolute atomic E-state index is 15.0. The highest BCUT2D eigenvalue weighted by Crippen LogP contribution is 2.48. The van der Waals surface area contributed by atoms with Crippen LogP contribution in [0.2, 0.25) is 5.02 Å². The molecule has 2 aromatic heterocycles. The van der Waals surface area contributed by atoms with Gasteiger partial charge in [0.25, 0.3) is 5.56 Å². The summed E-state index contributed by atoms with van der Waals surface area (Å²) in [6, 6.07) is 4.21. The lowest BCUT2D eigenvalue weighted by Gasteiger charge is -2.50. The molecule has 0 unspecified atom stereocenters. The van der Waals surface area contributed by atoms with Gasteiger partial charge in [0.15, 0.2) is 12.4 Å². The van der Waals surface area contributed by atoms with Crippen molar-refractivity contribution in [2.75, 3.05) is 35.2 Å². The summed E-state index contributed by atoms with van der Waals surface area (Å²) >= 11 is 6.49. The van der Waals surface area contributed by atoms with Crippen LogP contribution in [-0.2, 0) is 7.05 Å². The Morgan fingerprint density at radius 2 is 2.08 bits per heavy atom. The fourth-order valence-electron chi connectivity index (χ4n) is 6.56. The highest BCUT2D eigenvalue weighted by Gasteiger charge is 2.51. The maximum atomic E-state index is 15.0. The van der Waals surface area contributed by atoms with E-state index in [2.05, 4.69) is 15.6 Å². The predicted molar refractivity (Wildman–Crippen MR) is 149 cm³/mol. The Morgan fingerprint density at radius 3 is 2.80 bits per heavy atom. The number of piperidine rings is 1. The normalized spacial score (nSPS) is 25.0. The molecule has 4 aliphatic rings. The molecule has 3 N–H and O–H groups in total. The van der Waals surface area contributed by atoms with E-state index < -0.39 is 30.2 Å². The largest absolute Gasteiger partial charge is 0.480 e. The summed E-state index contributed by atoms with van der Waals surface area (Å²) in [5, 5.41) is 17.7. The Morgan fingerprint density at radius 1 is 1.27 bits per heavy atom. The number of aryl methyl sites for hydroxylation is 1. The zero-order chi connectivity index (χ0) is 27.8. The molecule has 40 heavy (non-hydrogen) atoms. The van der Waals surface area contributed by atoms with Gasteiger partial charge in [-0.1, -0.05) is 18.0 Å². The minimum absolute atomic E-state index is 0.106. The first kappa shape index (κ1) is 25.8. The number of β-amino-alcohol motifs (C(OH)–C–C–N with tert-alkyl or cyclic N) is 1. The van der Waals surface area contributed by atoms with Crippen LogP contribution in [0.5, 0.6) is 5.75 Å². The molecule has 3 aromatic rings. The number of fused-ring (bicyclic) bond motifs is 3.